The van der Waals surface area contributed by atoms with Gasteiger partial charge in [-0.2, -0.15) is 0 Å². The number of aryl methyl sites for hydroxylation is 1. The number of carbonyl (C=O) groups is 2. The van der Waals surface area contributed by atoms with Gasteiger partial charge in [0.2, 0.25) is 0 Å². The molecule has 23 heavy (non-hydrogen) atoms. The van der Waals surface area contributed by atoms with Crippen LogP contribution in [0.25, 0.3) is 0 Å². The van der Waals surface area contributed by atoms with Crippen LogP contribution in [-0.2, 0) is 4.79 Å². The minimum Gasteiger partial charge on any atom is -0.483 e. The van der Waals surface area contributed by atoms with Crippen molar-refractivity contribution in [3.05, 3.63) is 46.3 Å². The number of thiophene rings is 1. The van der Waals surface area contributed by atoms with Crippen LogP contribution in [-0.4, -0.2) is 18.4 Å². The summed E-state index contributed by atoms with van der Waals surface area (Å²) in [5, 5.41) is 4.80. The molecule has 0 aliphatic heterocycles. The van der Waals surface area contributed by atoms with E-state index >= 15 is 0 Å². The van der Waals surface area contributed by atoms with Gasteiger partial charge in [0.05, 0.1) is 5.56 Å². The van der Waals surface area contributed by atoms with Crippen molar-refractivity contribution < 1.29 is 14.3 Å². The summed E-state index contributed by atoms with van der Waals surface area (Å²) in [7, 11) is 0. The van der Waals surface area contributed by atoms with Crippen molar-refractivity contribution in [1.82, 2.24) is 0 Å². The standard InChI is InChI=1S/C17H20N2O3S/c1-10(2)12-5-4-11(3)14(8-12)22-9-15(20)19-17-13(16(18)21)6-7-23-17/h4-8,10H,9H2,1-3H3,(H2,18,21)(H,19,20). The number of hydrogen-bond acceptors (Lipinski definition) is 4. The van der Waals surface area contributed by atoms with E-state index in [0.29, 0.717) is 22.2 Å². The molecule has 2 amide bonds. The maximum absolute atomic E-state index is 12.0. The normalized spacial score (nSPS) is 10.6. The number of ether oxygens (including phenoxy) is 1. The molecule has 0 spiro atoms. The first-order valence-electron chi connectivity index (χ1n) is 7.29. The molecule has 0 radical (unpaired) electrons. The van der Waals surface area contributed by atoms with Crippen molar-refractivity contribution >= 4 is 28.2 Å². The Morgan fingerprint density at radius 2 is 2.04 bits per heavy atom. The summed E-state index contributed by atoms with van der Waals surface area (Å²) in [5.41, 5.74) is 7.68. The Morgan fingerprint density at radius 1 is 1.30 bits per heavy atom. The highest BCUT2D eigenvalue weighted by molar-refractivity contribution is 7.14. The van der Waals surface area contributed by atoms with Crippen LogP contribution in [0.2, 0.25) is 0 Å². The van der Waals surface area contributed by atoms with Gasteiger partial charge in [-0.15, -0.1) is 11.3 Å². The number of nitrogens with two attached hydrogens (primary N) is 1. The molecule has 2 rings (SSSR count). The third-order valence-corrected chi connectivity index (χ3v) is 4.25. The quantitative estimate of drug-likeness (QED) is 0.851. The summed E-state index contributed by atoms with van der Waals surface area (Å²) in [5.74, 6) is 0.177. The predicted octanol–water partition coefficient (Wildman–Crippen LogP) is 3.30. The first-order chi connectivity index (χ1) is 10.9. The van der Waals surface area contributed by atoms with Crippen LogP contribution in [0.3, 0.4) is 0 Å². The lowest BCUT2D eigenvalue weighted by Gasteiger charge is -2.12. The number of anilines is 1. The molecule has 0 saturated carbocycles. The first-order valence-corrected chi connectivity index (χ1v) is 8.17. The molecule has 122 valence electrons. The number of nitrogens with one attached hydrogen (secondary N) is 1. The number of primary amides is 1. The molecular formula is C17H20N2O3S. The Morgan fingerprint density at radius 3 is 2.70 bits per heavy atom. The Labute approximate surface area is 139 Å². The lowest BCUT2D eigenvalue weighted by molar-refractivity contribution is -0.118. The van der Waals surface area contributed by atoms with E-state index in [4.69, 9.17) is 10.5 Å². The Kier molecular flexibility index (Phi) is 5.39. The van der Waals surface area contributed by atoms with Crippen LogP contribution in [0, 0.1) is 6.92 Å². The van der Waals surface area contributed by atoms with Gasteiger partial charge in [0.25, 0.3) is 11.8 Å². The summed E-state index contributed by atoms with van der Waals surface area (Å²) in [6.07, 6.45) is 0. The number of carbonyl (C=O) groups excluding carboxylic acids is 2. The predicted molar refractivity (Wildman–Crippen MR) is 92.2 cm³/mol. The van der Waals surface area contributed by atoms with Crippen molar-refractivity contribution in [1.29, 1.82) is 0 Å². The minimum absolute atomic E-state index is 0.126. The average molecular weight is 332 g/mol. The molecule has 1 aromatic carbocycles. The molecule has 6 heteroatoms. The third-order valence-electron chi connectivity index (χ3n) is 3.42. The highest BCUT2D eigenvalue weighted by Crippen LogP contribution is 2.25. The van der Waals surface area contributed by atoms with Crippen molar-refractivity contribution in [2.75, 3.05) is 11.9 Å². The zero-order chi connectivity index (χ0) is 17.0. The smallest absolute Gasteiger partial charge is 0.262 e. The van der Waals surface area contributed by atoms with Crippen LogP contribution >= 0.6 is 11.3 Å². The van der Waals surface area contributed by atoms with E-state index in [-0.39, 0.29) is 12.5 Å². The van der Waals surface area contributed by atoms with Gasteiger partial charge in [-0.25, -0.2) is 0 Å². The van der Waals surface area contributed by atoms with Crippen molar-refractivity contribution in [3.8, 4) is 5.75 Å². The van der Waals surface area contributed by atoms with Crippen LogP contribution < -0.4 is 15.8 Å². The molecule has 0 fully saturated rings. The van der Waals surface area contributed by atoms with E-state index < -0.39 is 5.91 Å². The topological polar surface area (TPSA) is 81.4 Å². The summed E-state index contributed by atoms with van der Waals surface area (Å²) in [6.45, 7) is 6.01. The lowest BCUT2D eigenvalue weighted by atomic mass is 10.0. The molecule has 5 nitrogen and oxygen atoms in total. The third kappa shape index (κ3) is 4.32. The highest BCUT2D eigenvalue weighted by atomic mass is 32.1. The number of benzene rings is 1. The van der Waals surface area contributed by atoms with Gasteiger partial charge in [0.1, 0.15) is 10.8 Å². The van der Waals surface area contributed by atoms with E-state index in [2.05, 4.69) is 25.2 Å². The fraction of sp³-hybridized carbons (Fsp3) is 0.294. The Hall–Kier alpha value is -2.34. The largest absolute Gasteiger partial charge is 0.483 e. The molecule has 2 aromatic rings. The minimum atomic E-state index is -0.567. The van der Waals surface area contributed by atoms with Crippen LogP contribution in [0.5, 0.6) is 5.75 Å². The molecule has 0 aliphatic carbocycles. The second kappa shape index (κ2) is 7.28. The molecular weight excluding hydrogens is 312 g/mol. The number of amides is 2. The van der Waals surface area contributed by atoms with Crippen LogP contribution in [0.15, 0.2) is 29.6 Å². The molecule has 0 saturated heterocycles. The van der Waals surface area contributed by atoms with Gasteiger partial charge in [0.15, 0.2) is 6.61 Å². The van der Waals surface area contributed by atoms with E-state index in [1.165, 1.54) is 11.3 Å². The summed E-state index contributed by atoms with van der Waals surface area (Å²) < 4.78 is 5.61. The van der Waals surface area contributed by atoms with Crippen LogP contribution in [0.1, 0.15) is 41.3 Å². The fourth-order valence-corrected chi connectivity index (χ4v) is 2.85. The average Bonchev–Trinajstić information content (AvgIpc) is 2.94. The highest BCUT2D eigenvalue weighted by Gasteiger charge is 2.13. The first kappa shape index (κ1) is 17.0. The summed E-state index contributed by atoms with van der Waals surface area (Å²) in [6, 6.07) is 7.57. The molecule has 0 atom stereocenters. The lowest BCUT2D eigenvalue weighted by Crippen LogP contribution is -2.22. The second-order valence-electron chi connectivity index (χ2n) is 5.54. The summed E-state index contributed by atoms with van der Waals surface area (Å²) in [4.78, 5) is 23.2. The Balaban J connectivity index is 2.01. The van der Waals surface area contributed by atoms with E-state index in [0.717, 1.165) is 11.1 Å². The number of hydrogen-bond donors (Lipinski definition) is 2. The maximum Gasteiger partial charge on any atom is 0.262 e. The Bertz CT molecular complexity index is 722. The molecule has 0 unspecified atom stereocenters. The zero-order valence-corrected chi connectivity index (χ0v) is 14.2. The molecule has 3 N–H and O–H groups in total. The van der Waals surface area contributed by atoms with Gasteiger partial charge < -0.3 is 15.8 Å². The summed E-state index contributed by atoms with van der Waals surface area (Å²) >= 11 is 1.25. The molecule has 1 aromatic heterocycles. The van der Waals surface area contributed by atoms with Crippen molar-refractivity contribution in [3.63, 3.8) is 0 Å². The fourth-order valence-electron chi connectivity index (χ4n) is 2.04. The van der Waals surface area contributed by atoms with E-state index in [1.54, 1.807) is 11.4 Å². The van der Waals surface area contributed by atoms with E-state index in [1.807, 2.05) is 19.1 Å². The zero-order valence-electron chi connectivity index (χ0n) is 13.4. The van der Waals surface area contributed by atoms with Gasteiger partial charge in [-0.1, -0.05) is 26.0 Å². The molecule has 1 heterocycles. The van der Waals surface area contributed by atoms with Gasteiger partial charge in [-0.05, 0) is 41.5 Å². The van der Waals surface area contributed by atoms with Gasteiger partial charge >= 0.3 is 0 Å². The van der Waals surface area contributed by atoms with Gasteiger partial charge in [0, 0.05) is 0 Å². The molecule has 0 bridgehead atoms. The molecule has 0 aliphatic rings. The van der Waals surface area contributed by atoms with Crippen molar-refractivity contribution in [2.45, 2.75) is 26.7 Å². The second-order valence-corrected chi connectivity index (χ2v) is 6.46. The number of rotatable bonds is 6. The maximum atomic E-state index is 12.0. The van der Waals surface area contributed by atoms with E-state index in [9.17, 15) is 9.59 Å². The van der Waals surface area contributed by atoms with Gasteiger partial charge in [-0.3, -0.25) is 9.59 Å². The van der Waals surface area contributed by atoms with Crippen molar-refractivity contribution in [2.24, 2.45) is 5.73 Å². The monoisotopic (exact) mass is 332 g/mol. The van der Waals surface area contributed by atoms with Crippen LogP contribution in [0.4, 0.5) is 5.00 Å². The SMILES string of the molecule is Cc1ccc(C(C)C)cc1OCC(=O)Nc1sccc1C(N)=O.